The number of fused-ring (bicyclic) bond motifs is 1. The first-order valence-corrected chi connectivity index (χ1v) is 8.53. The highest BCUT2D eigenvalue weighted by atomic mass is 16.5. The average Bonchev–Trinajstić information content (AvgIpc) is 2.67. The molecule has 0 bridgehead atoms. The molecular formula is C20H24N2O3. The van der Waals surface area contributed by atoms with Gasteiger partial charge in [0.05, 0.1) is 20.8 Å². The van der Waals surface area contributed by atoms with Crippen molar-refractivity contribution in [1.82, 2.24) is 5.32 Å². The number of hydrogen-bond acceptors (Lipinski definition) is 4. The zero-order valence-electron chi connectivity index (χ0n) is 14.7. The number of nitrogens with one attached hydrogen (secondary N) is 1. The Kier molecular flexibility index (Phi) is 5.56. The third-order valence-corrected chi connectivity index (χ3v) is 4.49. The molecule has 2 aromatic rings. The number of benzene rings is 2. The lowest BCUT2D eigenvalue weighted by Crippen LogP contribution is -2.41. The number of para-hydroxylation sites is 1. The first-order chi connectivity index (χ1) is 12.2. The lowest BCUT2D eigenvalue weighted by molar-refractivity contribution is -0.117. The molecule has 0 radical (unpaired) electrons. The van der Waals surface area contributed by atoms with Crippen LogP contribution in [0.3, 0.4) is 0 Å². The molecule has 3 rings (SSSR count). The lowest BCUT2D eigenvalue weighted by atomic mass is 10.0. The number of carbonyl (C=O) groups is 1. The minimum Gasteiger partial charge on any atom is -0.497 e. The van der Waals surface area contributed by atoms with Gasteiger partial charge in [-0.15, -0.1) is 0 Å². The van der Waals surface area contributed by atoms with Crippen LogP contribution in [0.4, 0.5) is 5.69 Å². The molecule has 0 saturated heterocycles. The number of hydrogen-bond donors (Lipinski definition) is 1. The van der Waals surface area contributed by atoms with Gasteiger partial charge in [-0.2, -0.15) is 0 Å². The summed E-state index contributed by atoms with van der Waals surface area (Å²) in [6.45, 7) is 1.61. The van der Waals surface area contributed by atoms with Crippen LogP contribution < -0.4 is 19.7 Å². The molecule has 132 valence electrons. The van der Waals surface area contributed by atoms with Crippen molar-refractivity contribution in [3.63, 3.8) is 0 Å². The van der Waals surface area contributed by atoms with Crippen molar-refractivity contribution in [2.75, 3.05) is 32.2 Å². The van der Waals surface area contributed by atoms with Crippen LogP contribution in [0, 0.1) is 0 Å². The first kappa shape index (κ1) is 17.3. The lowest BCUT2D eigenvalue weighted by Gasteiger charge is -2.29. The highest BCUT2D eigenvalue weighted by molar-refractivity contribution is 5.95. The van der Waals surface area contributed by atoms with E-state index in [4.69, 9.17) is 9.47 Å². The van der Waals surface area contributed by atoms with Crippen LogP contribution >= 0.6 is 0 Å². The van der Waals surface area contributed by atoms with Crippen LogP contribution in [0.2, 0.25) is 0 Å². The molecule has 0 aromatic heterocycles. The Morgan fingerprint density at radius 3 is 2.80 bits per heavy atom. The van der Waals surface area contributed by atoms with E-state index in [1.165, 1.54) is 5.56 Å². The Morgan fingerprint density at radius 1 is 1.16 bits per heavy atom. The highest BCUT2D eigenvalue weighted by Gasteiger charge is 2.21. The normalized spacial score (nSPS) is 13.3. The zero-order valence-corrected chi connectivity index (χ0v) is 14.7. The Balaban J connectivity index is 1.62. The number of rotatable bonds is 6. The van der Waals surface area contributed by atoms with E-state index in [2.05, 4.69) is 11.4 Å². The monoisotopic (exact) mass is 340 g/mol. The van der Waals surface area contributed by atoms with Crippen molar-refractivity contribution in [3.05, 3.63) is 53.6 Å². The summed E-state index contributed by atoms with van der Waals surface area (Å²) in [7, 11) is 3.28. The summed E-state index contributed by atoms with van der Waals surface area (Å²) >= 11 is 0. The molecular weight excluding hydrogens is 316 g/mol. The molecule has 1 amide bonds. The van der Waals surface area contributed by atoms with Crippen LogP contribution in [0.15, 0.2) is 42.5 Å². The fraction of sp³-hybridized carbons (Fsp3) is 0.350. The molecule has 5 nitrogen and oxygen atoms in total. The van der Waals surface area contributed by atoms with Crippen molar-refractivity contribution in [2.24, 2.45) is 0 Å². The van der Waals surface area contributed by atoms with Crippen molar-refractivity contribution < 1.29 is 14.3 Å². The largest absolute Gasteiger partial charge is 0.497 e. The maximum absolute atomic E-state index is 12.6. The number of carbonyl (C=O) groups excluding carboxylic acids is 1. The smallest absolute Gasteiger partial charge is 0.240 e. The molecule has 0 unspecified atom stereocenters. The third-order valence-electron chi connectivity index (χ3n) is 4.49. The maximum atomic E-state index is 12.6. The highest BCUT2D eigenvalue weighted by Crippen LogP contribution is 2.27. The van der Waals surface area contributed by atoms with Crippen LogP contribution in [0.5, 0.6) is 11.5 Å². The van der Waals surface area contributed by atoms with Crippen molar-refractivity contribution >= 4 is 11.6 Å². The van der Waals surface area contributed by atoms with Gasteiger partial charge in [0.2, 0.25) is 5.91 Å². The van der Waals surface area contributed by atoms with E-state index in [0.29, 0.717) is 6.54 Å². The predicted molar refractivity (Wildman–Crippen MR) is 98.4 cm³/mol. The summed E-state index contributed by atoms with van der Waals surface area (Å²) in [5.74, 6) is 1.65. The van der Waals surface area contributed by atoms with Gasteiger partial charge in [0.15, 0.2) is 0 Å². The second kappa shape index (κ2) is 8.03. The second-order valence-corrected chi connectivity index (χ2v) is 6.06. The predicted octanol–water partition coefficient (Wildman–Crippen LogP) is 2.77. The molecule has 1 N–H and O–H groups in total. The van der Waals surface area contributed by atoms with E-state index in [-0.39, 0.29) is 12.5 Å². The van der Waals surface area contributed by atoms with Gasteiger partial charge in [0.25, 0.3) is 0 Å². The van der Waals surface area contributed by atoms with Gasteiger partial charge in [0.1, 0.15) is 11.5 Å². The Labute approximate surface area is 148 Å². The number of methoxy groups -OCH3 is 2. The van der Waals surface area contributed by atoms with Gasteiger partial charge in [-0.25, -0.2) is 0 Å². The van der Waals surface area contributed by atoms with E-state index in [1.807, 2.05) is 41.3 Å². The Bertz CT molecular complexity index is 745. The summed E-state index contributed by atoms with van der Waals surface area (Å²) in [4.78, 5) is 14.5. The van der Waals surface area contributed by atoms with Crippen LogP contribution in [0.1, 0.15) is 17.5 Å². The summed E-state index contributed by atoms with van der Waals surface area (Å²) in [6.07, 6.45) is 2.04. The van der Waals surface area contributed by atoms with Gasteiger partial charge in [0, 0.05) is 24.3 Å². The maximum Gasteiger partial charge on any atom is 0.240 e. The molecule has 5 heteroatoms. The van der Waals surface area contributed by atoms with Crippen LogP contribution in [-0.4, -0.2) is 33.2 Å². The second-order valence-electron chi connectivity index (χ2n) is 6.06. The fourth-order valence-corrected chi connectivity index (χ4v) is 3.21. The number of anilines is 1. The number of amides is 1. The minimum atomic E-state index is 0.0917. The van der Waals surface area contributed by atoms with E-state index in [1.54, 1.807) is 14.2 Å². The van der Waals surface area contributed by atoms with E-state index < -0.39 is 0 Å². The van der Waals surface area contributed by atoms with E-state index in [9.17, 15) is 4.79 Å². The Morgan fingerprint density at radius 2 is 2.00 bits per heavy atom. The molecule has 0 spiro atoms. The first-order valence-electron chi connectivity index (χ1n) is 8.53. The van der Waals surface area contributed by atoms with Crippen molar-refractivity contribution in [2.45, 2.75) is 19.4 Å². The van der Waals surface area contributed by atoms with Crippen LogP contribution in [-0.2, 0) is 17.8 Å². The van der Waals surface area contributed by atoms with Gasteiger partial charge in [-0.05, 0) is 42.7 Å². The minimum absolute atomic E-state index is 0.0917. The SMILES string of the molecule is COc1ccc(OC)c(CNCC(=O)N2CCCc3ccccc32)c1. The fourth-order valence-electron chi connectivity index (χ4n) is 3.21. The van der Waals surface area contributed by atoms with Crippen LogP contribution in [0.25, 0.3) is 0 Å². The van der Waals surface area contributed by atoms with Gasteiger partial charge in [-0.3, -0.25) is 4.79 Å². The standard InChI is InChI=1S/C20H24N2O3/c1-24-17-9-10-19(25-2)16(12-17)13-21-14-20(23)22-11-5-7-15-6-3-4-8-18(15)22/h3-4,6,8-10,12,21H,5,7,11,13-14H2,1-2H3. The number of aryl methyl sites for hydroxylation is 1. The average molecular weight is 340 g/mol. The molecule has 0 saturated carbocycles. The number of nitrogens with zero attached hydrogens (tertiary/aromatic N) is 1. The Hall–Kier alpha value is -2.53. The summed E-state index contributed by atoms with van der Waals surface area (Å²) < 4.78 is 10.6. The molecule has 1 heterocycles. The van der Waals surface area contributed by atoms with Gasteiger partial charge >= 0.3 is 0 Å². The molecule has 25 heavy (non-hydrogen) atoms. The summed E-state index contributed by atoms with van der Waals surface area (Å²) in [6, 6.07) is 13.8. The van der Waals surface area contributed by atoms with E-state index in [0.717, 1.165) is 42.1 Å². The number of ether oxygens (including phenoxy) is 2. The molecule has 1 aliphatic heterocycles. The topological polar surface area (TPSA) is 50.8 Å². The molecule has 0 aliphatic carbocycles. The molecule has 0 fully saturated rings. The van der Waals surface area contributed by atoms with E-state index >= 15 is 0 Å². The van der Waals surface area contributed by atoms with Crippen molar-refractivity contribution in [1.29, 1.82) is 0 Å². The van der Waals surface area contributed by atoms with Crippen molar-refractivity contribution in [3.8, 4) is 11.5 Å². The molecule has 0 atom stereocenters. The van der Waals surface area contributed by atoms with Gasteiger partial charge in [-0.1, -0.05) is 18.2 Å². The molecule has 2 aromatic carbocycles. The van der Waals surface area contributed by atoms with Gasteiger partial charge < -0.3 is 19.7 Å². The quantitative estimate of drug-likeness (QED) is 0.878. The molecule has 1 aliphatic rings. The summed E-state index contributed by atoms with van der Waals surface area (Å²) in [5, 5.41) is 3.23. The summed E-state index contributed by atoms with van der Waals surface area (Å²) in [5.41, 5.74) is 3.25. The zero-order chi connectivity index (χ0) is 17.6. The third kappa shape index (κ3) is 3.94.